The fourth-order valence-electron chi connectivity index (χ4n) is 8.21. The number of ether oxygens (including phenoxy) is 1. The van der Waals surface area contributed by atoms with Crippen molar-refractivity contribution in [1.82, 2.24) is 0 Å². The predicted octanol–water partition coefficient (Wildman–Crippen LogP) is 2.20. The minimum Gasteiger partial charge on any atom is -0.393 e. The van der Waals surface area contributed by atoms with Crippen LogP contribution in [-0.2, 0) is 19.1 Å². The molecule has 8 heteroatoms. The molecule has 34 heavy (non-hydrogen) atoms. The summed E-state index contributed by atoms with van der Waals surface area (Å²) >= 11 is 1.49. The van der Waals surface area contributed by atoms with Crippen LogP contribution in [0.15, 0.2) is 10.5 Å². The fraction of sp³-hybridized carbons (Fsp3) is 0.808. The van der Waals surface area contributed by atoms with Gasteiger partial charge >= 0.3 is 0 Å². The summed E-state index contributed by atoms with van der Waals surface area (Å²) in [6.07, 6.45) is 3.48. The molecule has 0 radical (unpaired) electrons. The van der Waals surface area contributed by atoms with Crippen molar-refractivity contribution in [1.29, 1.82) is 0 Å². The Morgan fingerprint density at radius 1 is 1.18 bits per heavy atom. The summed E-state index contributed by atoms with van der Waals surface area (Å²) in [4.78, 5) is 38.3. The lowest BCUT2D eigenvalue weighted by atomic mass is 9.45. The molecule has 188 valence electrons. The van der Waals surface area contributed by atoms with Gasteiger partial charge < -0.3 is 20.1 Å². The van der Waals surface area contributed by atoms with E-state index in [1.54, 1.807) is 0 Å². The first kappa shape index (κ1) is 24.6. The average Bonchev–Trinajstić information content (AvgIpc) is 3.61. The highest BCUT2D eigenvalue weighted by Gasteiger charge is 2.68. The zero-order chi connectivity index (χ0) is 24.5. The van der Waals surface area contributed by atoms with Gasteiger partial charge in [-0.2, -0.15) is 0 Å². The molecular formula is C26H36O7S. The molecule has 0 aromatic carbocycles. The molecule has 4 fully saturated rings. The molecule has 1 heterocycles. The van der Waals surface area contributed by atoms with E-state index in [-0.39, 0.29) is 40.8 Å². The molecule has 0 bridgehead atoms. The Bertz CT molecular complexity index is 941. The van der Waals surface area contributed by atoms with Crippen molar-refractivity contribution < 1.29 is 34.4 Å². The van der Waals surface area contributed by atoms with Crippen LogP contribution in [0.1, 0.15) is 65.2 Å². The third-order valence-electron chi connectivity index (χ3n) is 10.0. The molecule has 7 nitrogen and oxygen atoms in total. The van der Waals surface area contributed by atoms with Crippen LogP contribution in [0.2, 0.25) is 0 Å². The molecule has 1 saturated heterocycles. The molecule has 4 aliphatic carbocycles. The van der Waals surface area contributed by atoms with E-state index in [1.165, 1.54) is 11.8 Å². The first-order valence-electron chi connectivity index (χ1n) is 12.7. The number of fused-ring (bicyclic) bond motifs is 5. The van der Waals surface area contributed by atoms with E-state index >= 15 is 0 Å². The van der Waals surface area contributed by atoms with Gasteiger partial charge in [0, 0.05) is 24.0 Å². The maximum atomic E-state index is 12.9. The quantitative estimate of drug-likeness (QED) is 0.462. The van der Waals surface area contributed by atoms with Crippen LogP contribution >= 0.6 is 11.8 Å². The normalized spacial score (nSPS) is 45.4. The summed E-state index contributed by atoms with van der Waals surface area (Å²) in [5.41, 5.74) is -1.55. The van der Waals surface area contributed by atoms with Crippen molar-refractivity contribution in [2.24, 2.45) is 28.6 Å². The number of epoxide rings is 1. The maximum Gasteiger partial charge on any atom is 0.190 e. The number of allylic oxidation sites excluding steroid dienone is 1. The highest BCUT2D eigenvalue weighted by molar-refractivity contribution is 8.04. The van der Waals surface area contributed by atoms with Crippen LogP contribution in [0.5, 0.6) is 0 Å². The number of Topliss-reactive ketones (excluding diaryl/α,β-unsaturated/α-hetero) is 3. The lowest BCUT2D eigenvalue weighted by molar-refractivity contribution is -0.182. The summed E-state index contributed by atoms with van der Waals surface area (Å²) in [7, 11) is 0. The van der Waals surface area contributed by atoms with Gasteiger partial charge in [-0.25, -0.2) is 0 Å². The third kappa shape index (κ3) is 3.51. The zero-order valence-corrected chi connectivity index (χ0v) is 20.9. The number of rotatable bonds is 7. The number of thioether (sulfide) groups is 1. The second kappa shape index (κ2) is 8.51. The number of aliphatic hydroxyl groups excluding tert-OH is 2. The van der Waals surface area contributed by atoms with Crippen molar-refractivity contribution in [3.8, 4) is 0 Å². The van der Waals surface area contributed by atoms with Crippen LogP contribution in [0.4, 0.5) is 0 Å². The van der Waals surface area contributed by atoms with Crippen molar-refractivity contribution in [2.45, 2.75) is 83.0 Å². The molecule has 0 spiro atoms. The standard InChI is InChI=1S/C26H36O7S/c1-24-8-6-18(29)23(34-10-7-17(28)20-13-33-20)16(24)4-3-14-15-5-9-26(32,21(31)12-27)25(15,2)11-19(30)22(14)24/h14-15,19-20,22,27,30,32H,3-13H2,1-2H3/t14?,15?,19?,20?,22?,24?,25?,26-/m0/s1. The fourth-order valence-corrected chi connectivity index (χ4v) is 9.48. The summed E-state index contributed by atoms with van der Waals surface area (Å²) in [5.74, 6) is 0.462. The molecule has 5 rings (SSSR count). The average molecular weight is 493 g/mol. The Kier molecular flexibility index (Phi) is 6.16. The SMILES string of the molecule is CC12CCC(=O)C(SCCC(=O)C3CO3)=C1CCC1C2C(O)CC2(C)C1CC[C@]2(O)C(=O)CO. The topological polar surface area (TPSA) is 124 Å². The van der Waals surface area contributed by atoms with Gasteiger partial charge in [0.25, 0.3) is 0 Å². The monoisotopic (exact) mass is 492 g/mol. The van der Waals surface area contributed by atoms with E-state index in [9.17, 15) is 29.7 Å². The van der Waals surface area contributed by atoms with Crippen LogP contribution in [0.25, 0.3) is 0 Å². The van der Waals surface area contributed by atoms with Gasteiger partial charge in [0.1, 0.15) is 18.3 Å². The zero-order valence-electron chi connectivity index (χ0n) is 20.0. The van der Waals surface area contributed by atoms with Crippen molar-refractivity contribution >= 4 is 29.1 Å². The van der Waals surface area contributed by atoms with E-state index in [0.29, 0.717) is 50.9 Å². The van der Waals surface area contributed by atoms with E-state index < -0.39 is 29.5 Å². The molecule has 0 aromatic rings. The van der Waals surface area contributed by atoms with Crippen molar-refractivity contribution in [3.05, 3.63) is 10.5 Å². The second-order valence-electron chi connectivity index (χ2n) is 11.5. The Hall–Kier alpha value is -1.06. The number of hydrogen-bond acceptors (Lipinski definition) is 8. The summed E-state index contributed by atoms with van der Waals surface area (Å²) in [6.45, 7) is 3.92. The minimum absolute atomic E-state index is 0.0360. The molecule has 1 aliphatic heterocycles. The minimum atomic E-state index is -1.60. The Morgan fingerprint density at radius 2 is 1.91 bits per heavy atom. The van der Waals surface area contributed by atoms with Gasteiger partial charge in [-0.3, -0.25) is 14.4 Å². The van der Waals surface area contributed by atoms with Gasteiger partial charge in [-0.15, -0.1) is 11.8 Å². The number of carbonyl (C=O) groups is 3. The van der Waals surface area contributed by atoms with E-state index in [2.05, 4.69) is 6.92 Å². The first-order chi connectivity index (χ1) is 16.1. The van der Waals surface area contributed by atoms with Crippen molar-refractivity contribution in [2.75, 3.05) is 19.0 Å². The van der Waals surface area contributed by atoms with Gasteiger partial charge in [-0.05, 0) is 67.3 Å². The largest absolute Gasteiger partial charge is 0.393 e. The molecule has 3 saturated carbocycles. The van der Waals surface area contributed by atoms with Crippen molar-refractivity contribution in [3.63, 3.8) is 0 Å². The molecule has 8 atom stereocenters. The molecule has 0 aromatic heterocycles. The first-order valence-corrected chi connectivity index (χ1v) is 13.6. The third-order valence-corrected chi connectivity index (χ3v) is 11.2. The summed E-state index contributed by atoms with van der Waals surface area (Å²) in [6, 6.07) is 0. The Morgan fingerprint density at radius 3 is 2.59 bits per heavy atom. The Labute approximate surface area is 204 Å². The Balaban J connectivity index is 1.42. The van der Waals surface area contributed by atoms with Gasteiger partial charge in [-0.1, -0.05) is 13.8 Å². The number of hydrogen-bond donors (Lipinski definition) is 3. The molecule has 7 unspecified atom stereocenters. The van der Waals surface area contributed by atoms with Gasteiger partial charge in [0.05, 0.1) is 17.6 Å². The lowest BCUT2D eigenvalue weighted by Crippen LogP contribution is -2.62. The van der Waals surface area contributed by atoms with Gasteiger partial charge in [0.15, 0.2) is 17.3 Å². The van der Waals surface area contributed by atoms with E-state index in [4.69, 9.17) is 4.74 Å². The van der Waals surface area contributed by atoms with Crippen LogP contribution in [0, 0.1) is 28.6 Å². The molecular weight excluding hydrogens is 456 g/mol. The van der Waals surface area contributed by atoms with E-state index in [0.717, 1.165) is 23.3 Å². The highest BCUT2D eigenvalue weighted by atomic mass is 32.2. The summed E-state index contributed by atoms with van der Waals surface area (Å²) in [5, 5.41) is 32.4. The highest BCUT2D eigenvalue weighted by Crippen LogP contribution is 2.68. The smallest absolute Gasteiger partial charge is 0.190 e. The number of ketones is 3. The number of carbonyl (C=O) groups excluding carboxylic acids is 3. The maximum absolute atomic E-state index is 12.9. The van der Waals surface area contributed by atoms with Crippen LogP contribution in [0.3, 0.4) is 0 Å². The van der Waals surface area contributed by atoms with E-state index in [1.807, 2.05) is 6.92 Å². The van der Waals surface area contributed by atoms with Crippen LogP contribution in [-0.4, -0.2) is 69.4 Å². The lowest BCUT2D eigenvalue weighted by Gasteiger charge is -2.60. The second-order valence-corrected chi connectivity index (χ2v) is 12.6. The molecule has 0 amide bonds. The summed E-state index contributed by atoms with van der Waals surface area (Å²) < 4.78 is 5.07. The number of aliphatic hydroxyl groups is 3. The van der Waals surface area contributed by atoms with Crippen LogP contribution < -0.4 is 0 Å². The van der Waals surface area contributed by atoms with Gasteiger partial charge in [0.2, 0.25) is 0 Å². The molecule has 3 N–H and O–H groups in total. The predicted molar refractivity (Wildman–Crippen MR) is 126 cm³/mol. The molecule has 5 aliphatic rings.